The molecular weight excluding hydrogens is 176 g/mol. The molecule has 0 bridgehead atoms. The van der Waals surface area contributed by atoms with Crippen LogP contribution in [0.25, 0.3) is 0 Å². The fourth-order valence-corrected chi connectivity index (χ4v) is 0.393. The van der Waals surface area contributed by atoms with E-state index in [9.17, 15) is 9.59 Å². The van der Waals surface area contributed by atoms with E-state index < -0.39 is 17.9 Å². The number of aliphatic hydroxyl groups is 1. The van der Waals surface area contributed by atoms with Crippen molar-refractivity contribution in [2.24, 2.45) is 0 Å². The standard InChI is InChI=1S/C6H10O3.C2H4O2/c1-4(7)3-6(9)5(2)8;1-2(3)4/h5,8H,3H2,1-2H3;1H3,(H,3,4). The maximum atomic E-state index is 10.5. The van der Waals surface area contributed by atoms with Crippen molar-refractivity contribution in [3.63, 3.8) is 0 Å². The number of hydrogen-bond donors (Lipinski definition) is 2. The van der Waals surface area contributed by atoms with Crippen molar-refractivity contribution >= 4 is 17.5 Å². The van der Waals surface area contributed by atoms with E-state index in [4.69, 9.17) is 15.0 Å². The van der Waals surface area contributed by atoms with Gasteiger partial charge in [-0.05, 0) is 13.8 Å². The van der Waals surface area contributed by atoms with Crippen LogP contribution in [0.4, 0.5) is 0 Å². The van der Waals surface area contributed by atoms with Crippen LogP contribution in [0.15, 0.2) is 0 Å². The summed E-state index contributed by atoms with van der Waals surface area (Å²) in [6.07, 6.45) is -1.16. The summed E-state index contributed by atoms with van der Waals surface area (Å²) in [5.74, 6) is -1.46. The average Bonchev–Trinajstić information content (AvgIpc) is 1.83. The largest absolute Gasteiger partial charge is 0.481 e. The first kappa shape index (κ1) is 14.3. The number of hydrogen-bond acceptors (Lipinski definition) is 4. The average molecular weight is 190 g/mol. The summed E-state index contributed by atoms with van der Waals surface area (Å²) in [4.78, 5) is 29.7. The Hall–Kier alpha value is -1.23. The number of carbonyl (C=O) groups excluding carboxylic acids is 2. The number of aliphatic carboxylic acids is 1. The van der Waals surface area contributed by atoms with E-state index in [2.05, 4.69) is 0 Å². The first-order valence-electron chi connectivity index (χ1n) is 3.67. The Bertz CT molecular complexity index is 191. The van der Waals surface area contributed by atoms with Gasteiger partial charge in [0.15, 0.2) is 5.78 Å². The summed E-state index contributed by atoms with van der Waals surface area (Å²) < 4.78 is 0. The Morgan fingerprint density at radius 3 is 1.62 bits per heavy atom. The molecule has 0 amide bonds. The quantitative estimate of drug-likeness (QED) is 0.611. The molecule has 0 aromatic heterocycles. The molecule has 0 spiro atoms. The second kappa shape index (κ2) is 7.42. The highest BCUT2D eigenvalue weighted by Gasteiger charge is 2.10. The fraction of sp³-hybridized carbons (Fsp3) is 0.625. The van der Waals surface area contributed by atoms with Crippen molar-refractivity contribution in [3.05, 3.63) is 0 Å². The molecule has 2 N–H and O–H groups in total. The van der Waals surface area contributed by atoms with Gasteiger partial charge in [0.05, 0.1) is 6.42 Å². The summed E-state index contributed by atoms with van der Waals surface area (Å²) in [5, 5.41) is 16.0. The van der Waals surface area contributed by atoms with Crippen LogP contribution in [-0.2, 0) is 14.4 Å². The van der Waals surface area contributed by atoms with Gasteiger partial charge in [-0.15, -0.1) is 0 Å². The van der Waals surface area contributed by atoms with Crippen molar-refractivity contribution in [2.45, 2.75) is 33.3 Å². The Labute approximate surface area is 76.4 Å². The van der Waals surface area contributed by atoms with Crippen LogP contribution in [0.1, 0.15) is 27.2 Å². The minimum absolute atomic E-state index is 0.155. The maximum Gasteiger partial charge on any atom is 0.300 e. The number of carboxylic acid groups (broad SMARTS) is 1. The molecule has 0 heterocycles. The summed E-state index contributed by atoms with van der Waals surface area (Å²) in [5.41, 5.74) is 0. The number of carboxylic acids is 1. The zero-order valence-electron chi connectivity index (χ0n) is 7.90. The van der Waals surface area contributed by atoms with Gasteiger partial charge in [0, 0.05) is 6.92 Å². The lowest BCUT2D eigenvalue weighted by Crippen LogP contribution is -2.18. The number of Topliss-reactive ketones (excluding diaryl/α,β-unsaturated/α-hetero) is 2. The molecule has 76 valence electrons. The number of rotatable bonds is 3. The van der Waals surface area contributed by atoms with Gasteiger partial charge in [-0.3, -0.25) is 14.4 Å². The van der Waals surface area contributed by atoms with Gasteiger partial charge < -0.3 is 10.2 Å². The number of aliphatic hydroxyl groups excluding tert-OH is 1. The second-order valence-corrected chi connectivity index (χ2v) is 2.54. The zero-order chi connectivity index (χ0) is 11.0. The molecule has 0 rings (SSSR count). The summed E-state index contributed by atoms with van der Waals surface area (Å²) in [7, 11) is 0. The highest BCUT2D eigenvalue weighted by molar-refractivity contribution is 5.99. The molecule has 5 heteroatoms. The van der Waals surface area contributed by atoms with Crippen molar-refractivity contribution in [1.82, 2.24) is 0 Å². The Kier molecular flexibility index (Phi) is 8.16. The molecule has 0 fully saturated rings. The molecule has 0 saturated carbocycles. The Balaban J connectivity index is 0. The second-order valence-electron chi connectivity index (χ2n) is 2.54. The fourth-order valence-electron chi connectivity index (χ4n) is 0.393. The Morgan fingerprint density at radius 2 is 1.54 bits per heavy atom. The van der Waals surface area contributed by atoms with Crippen LogP contribution in [-0.4, -0.2) is 33.9 Å². The van der Waals surface area contributed by atoms with Gasteiger partial charge >= 0.3 is 0 Å². The molecule has 0 aromatic carbocycles. The van der Waals surface area contributed by atoms with Crippen molar-refractivity contribution in [3.8, 4) is 0 Å². The molecule has 1 unspecified atom stereocenters. The van der Waals surface area contributed by atoms with E-state index in [1.54, 1.807) is 0 Å². The molecule has 0 saturated heterocycles. The summed E-state index contributed by atoms with van der Waals surface area (Å²) >= 11 is 0. The third-order valence-electron chi connectivity index (χ3n) is 0.889. The molecular formula is C8H14O5. The predicted molar refractivity (Wildman–Crippen MR) is 45.3 cm³/mol. The van der Waals surface area contributed by atoms with Crippen LogP contribution >= 0.6 is 0 Å². The molecule has 13 heavy (non-hydrogen) atoms. The van der Waals surface area contributed by atoms with Crippen LogP contribution in [0, 0.1) is 0 Å². The minimum Gasteiger partial charge on any atom is -0.481 e. The smallest absolute Gasteiger partial charge is 0.300 e. The van der Waals surface area contributed by atoms with Gasteiger partial charge in [0.25, 0.3) is 5.97 Å². The lowest BCUT2D eigenvalue weighted by atomic mass is 10.1. The van der Waals surface area contributed by atoms with E-state index in [0.717, 1.165) is 6.92 Å². The van der Waals surface area contributed by atoms with Gasteiger partial charge in [-0.1, -0.05) is 0 Å². The zero-order valence-corrected chi connectivity index (χ0v) is 7.90. The van der Waals surface area contributed by atoms with Crippen molar-refractivity contribution in [1.29, 1.82) is 0 Å². The first-order chi connectivity index (χ1) is 5.77. The van der Waals surface area contributed by atoms with E-state index in [0.29, 0.717) is 0 Å². The minimum atomic E-state index is -1.01. The molecule has 0 radical (unpaired) electrons. The highest BCUT2D eigenvalue weighted by Crippen LogP contribution is 1.90. The normalized spacial score (nSPS) is 10.8. The SMILES string of the molecule is CC(=O)CC(=O)C(C)O.CC(=O)O. The third-order valence-corrected chi connectivity index (χ3v) is 0.889. The maximum absolute atomic E-state index is 10.5. The topological polar surface area (TPSA) is 91.7 Å². The monoisotopic (exact) mass is 190 g/mol. The number of ketones is 2. The van der Waals surface area contributed by atoms with E-state index in [-0.39, 0.29) is 12.2 Å². The first-order valence-corrected chi connectivity index (χ1v) is 3.67. The van der Waals surface area contributed by atoms with Crippen LogP contribution in [0.3, 0.4) is 0 Å². The van der Waals surface area contributed by atoms with E-state index >= 15 is 0 Å². The molecule has 0 aliphatic carbocycles. The van der Waals surface area contributed by atoms with Gasteiger partial charge in [0.2, 0.25) is 0 Å². The summed E-state index contributed by atoms with van der Waals surface area (Å²) in [6.45, 7) is 3.76. The molecule has 1 atom stereocenters. The van der Waals surface area contributed by atoms with Crippen LogP contribution < -0.4 is 0 Å². The van der Waals surface area contributed by atoms with Crippen LogP contribution in [0.2, 0.25) is 0 Å². The Morgan fingerprint density at radius 1 is 1.23 bits per heavy atom. The summed E-state index contributed by atoms with van der Waals surface area (Å²) in [6, 6.07) is 0. The van der Waals surface area contributed by atoms with E-state index in [1.807, 2.05) is 0 Å². The van der Waals surface area contributed by atoms with E-state index in [1.165, 1.54) is 13.8 Å². The molecule has 0 aliphatic heterocycles. The molecule has 5 nitrogen and oxygen atoms in total. The van der Waals surface area contributed by atoms with Crippen LogP contribution in [0.5, 0.6) is 0 Å². The van der Waals surface area contributed by atoms with Gasteiger partial charge in [0.1, 0.15) is 11.9 Å². The predicted octanol–water partition coefficient (Wildman–Crippen LogP) is 0.00630. The van der Waals surface area contributed by atoms with Gasteiger partial charge in [-0.2, -0.15) is 0 Å². The third kappa shape index (κ3) is 18.1. The molecule has 0 aromatic rings. The molecule has 0 aliphatic rings. The van der Waals surface area contributed by atoms with Gasteiger partial charge in [-0.25, -0.2) is 0 Å². The highest BCUT2D eigenvalue weighted by atomic mass is 16.4. The van der Waals surface area contributed by atoms with Crippen molar-refractivity contribution < 1.29 is 24.6 Å². The number of carbonyl (C=O) groups is 3. The lowest BCUT2D eigenvalue weighted by Gasteiger charge is -1.97. The van der Waals surface area contributed by atoms with Crippen molar-refractivity contribution in [2.75, 3.05) is 0 Å². The lowest BCUT2D eigenvalue weighted by molar-refractivity contribution is -0.134.